The second kappa shape index (κ2) is 7.50. The van der Waals surface area contributed by atoms with Gasteiger partial charge in [0.1, 0.15) is 11.5 Å². The van der Waals surface area contributed by atoms with Crippen LogP contribution < -0.4 is 5.32 Å². The highest BCUT2D eigenvalue weighted by atomic mass is 32.1. The topological polar surface area (TPSA) is 92.8 Å². The summed E-state index contributed by atoms with van der Waals surface area (Å²) in [5.74, 6) is -2.19. The zero-order chi connectivity index (χ0) is 19.8. The van der Waals surface area contributed by atoms with Crippen LogP contribution in [0, 0.1) is 11.8 Å². The van der Waals surface area contributed by atoms with Crippen LogP contribution in [-0.2, 0) is 32.0 Å². The van der Waals surface area contributed by atoms with Gasteiger partial charge < -0.3 is 10.1 Å². The average Bonchev–Trinajstić information content (AvgIpc) is 3.31. The van der Waals surface area contributed by atoms with Gasteiger partial charge in [0.05, 0.1) is 24.0 Å². The highest BCUT2D eigenvalue weighted by Gasteiger charge is 2.47. The summed E-state index contributed by atoms with van der Waals surface area (Å²) in [4.78, 5) is 52.2. The quantitative estimate of drug-likeness (QED) is 0.463. The molecule has 3 amide bonds. The third-order valence-electron chi connectivity index (χ3n) is 5.55. The molecule has 0 saturated carbocycles. The Kier molecular flexibility index (Phi) is 5.05. The number of rotatable bonds is 5. The highest BCUT2D eigenvalue weighted by Crippen LogP contribution is 2.40. The van der Waals surface area contributed by atoms with Gasteiger partial charge in [0.25, 0.3) is 0 Å². The summed E-state index contributed by atoms with van der Waals surface area (Å²) in [5.41, 5.74) is 1.37. The number of nitrogens with zero attached hydrogens (tertiary/aromatic N) is 1. The lowest BCUT2D eigenvalue weighted by Crippen LogP contribution is -2.38. The second-order valence-electron chi connectivity index (χ2n) is 7.25. The highest BCUT2D eigenvalue weighted by molar-refractivity contribution is 7.17. The maximum absolute atomic E-state index is 12.6. The summed E-state index contributed by atoms with van der Waals surface area (Å²) < 4.78 is 5.16. The minimum absolute atomic E-state index is 0.254. The van der Waals surface area contributed by atoms with E-state index in [4.69, 9.17) is 4.74 Å². The molecule has 2 aliphatic carbocycles. The van der Waals surface area contributed by atoms with Crippen molar-refractivity contribution in [2.45, 2.75) is 39.0 Å². The normalized spacial score (nSPS) is 23.0. The van der Waals surface area contributed by atoms with E-state index in [1.165, 1.54) is 11.3 Å². The lowest BCUT2D eigenvalue weighted by Gasteiger charge is -2.14. The predicted molar refractivity (Wildman–Crippen MR) is 103 cm³/mol. The first kappa shape index (κ1) is 18.9. The molecule has 0 aromatic carbocycles. The number of amides is 3. The molecule has 1 aliphatic heterocycles. The van der Waals surface area contributed by atoms with Crippen LogP contribution >= 0.6 is 11.3 Å². The van der Waals surface area contributed by atoms with E-state index in [0.29, 0.717) is 23.4 Å². The van der Waals surface area contributed by atoms with E-state index in [0.717, 1.165) is 34.6 Å². The van der Waals surface area contributed by atoms with Crippen LogP contribution in [0.15, 0.2) is 12.2 Å². The summed E-state index contributed by atoms with van der Waals surface area (Å²) in [6.07, 6.45) is 7.55. The molecular formula is C20H22N2O5S. The summed E-state index contributed by atoms with van der Waals surface area (Å²) >= 11 is 1.38. The Morgan fingerprint density at radius 3 is 2.50 bits per heavy atom. The molecule has 3 aliphatic rings. The number of allylic oxidation sites excluding steroid dienone is 2. The number of thiophene rings is 1. The zero-order valence-corrected chi connectivity index (χ0v) is 16.5. The fourth-order valence-corrected chi connectivity index (χ4v) is 5.54. The van der Waals surface area contributed by atoms with Crippen molar-refractivity contribution >= 4 is 40.0 Å². The summed E-state index contributed by atoms with van der Waals surface area (Å²) in [6.45, 7) is 1.67. The molecule has 4 rings (SSSR count). The van der Waals surface area contributed by atoms with Gasteiger partial charge in [-0.05, 0) is 44.6 Å². The van der Waals surface area contributed by atoms with Gasteiger partial charge in [-0.1, -0.05) is 12.2 Å². The number of anilines is 1. The smallest absolute Gasteiger partial charge is 0.341 e. The third kappa shape index (κ3) is 3.15. The van der Waals surface area contributed by atoms with Gasteiger partial charge in [0.2, 0.25) is 17.7 Å². The SMILES string of the molecule is CCOC(=O)c1c(NC(=O)CN2C(=O)[C@H]3CC=CC[C@H]3C2=O)sc2c1CCC2. The standard InChI is InChI=1S/C20H22N2O5S/c1-2-27-20(26)16-13-8-5-9-14(13)28-17(16)21-15(23)10-22-18(24)11-6-3-4-7-12(11)19(22)25/h3-4,11-12H,2,5-10H2,1H3,(H,21,23)/t11-,12+. The number of imide groups is 1. The van der Waals surface area contributed by atoms with E-state index in [-0.39, 0.29) is 36.8 Å². The van der Waals surface area contributed by atoms with Crippen LogP contribution in [0.3, 0.4) is 0 Å². The Morgan fingerprint density at radius 1 is 1.18 bits per heavy atom. The summed E-state index contributed by atoms with van der Waals surface area (Å²) in [5, 5.41) is 3.20. The van der Waals surface area contributed by atoms with Crippen molar-refractivity contribution in [1.82, 2.24) is 4.90 Å². The molecule has 148 valence electrons. The molecule has 2 heterocycles. The minimum Gasteiger partial charge on any atom is -0.462 e. The number of nitrogens with one attached hydrogen (secondary N) is 1. The van der Waals surface area contributed by atoms with E-state index >= 15 is 0 Å². The number of carbonyl (C=O) groups is 4. The van der Waals surface area contributed by atoms with Gasteiger partial charge in [0, 0.05) is 4.88 Å². The molecular weight excluding hydrogens is 380 g/mol. The van der Waals surface area contributed by atoms with E-state index < -0.39 is 11.9 Å². The maximum Gasteiger partial charge on any atom is 0.341 e. The largest absolute Gasteiger partial charge is 0.462 e. The molecule has 7 nitrogen and oxygen atoms in total. The van der Waals surface area contributed by atoms with Gasteiger partial charge in [0.15, 0.2) is 0 Å². The molecule has 0 bridgehead atoms. The van der Waals surface area contributed by atoms with Gasteiger partial charge >= 0.3 is 5.97 Å². The van der Waals surface area contributed by atoms with E-state index in [2.05, 4.69) is 5.32 Å². The van der Waals surface area contributed by atoms with Gasteiger partial charge in [-0.25, -0.2) is 4.79 Å². The lowest BCUT2D eigenvalue weighted by atomic mass is 9.85. The first-order valence-corrected chi connectivity index (χ1v) is 10.4. The number of esters is 1. The molecule has 1 aromatic rings. The van der Waals surface area contributed by atoms with Crippen molar-refractivity contribution in [3.8, 4) is 0 Å². The van der Waals surface area contributed by atoms with Crippen LogP contribution in [0.2, 0.25) is 0 Å². The van der Waals surface area contributed by atoms with Crippen molar-refractivity contribution in [1.29, 1.82) is 0 Å². The number of ether oxygens (including phenoxy) is 1. The molecule has 0 spiro atoms. The molecule has 1 saturated heterocycles. The van der Waals surface area contributed by atoms with E-state index in [9.17, 15) is 19.2 Å². The Hall–Kier alpha value is -2.48. The van der Waals surface area contributed by atoms with Crippen molar-refractivity contribution in [3.05, 3.63) is 28.2 Å². The van der Waals surface area contributed by atoms with Crippen molar-refractivity contribution in [3.63, 3.8) is 0 Å². The van der Waals surface area contributed by atoms with Crippen molar-refractivity contribution in [2.75, 3.05) is 18.5 Å². The predicted octanol–water partition coefficient (Wildman–Crippen LogP) is 2.30. The average molecular weight is 402 g/mol. The molecule has 28 heavy (non-hydrogen) atoms. The molecule has 0 radical (unpaired) electrons. The number of fused-ring (bicyclic) bond motifs is 2. The Labute approximate surface area is 166 Å². The van der Waals surface area contributed by atoms with Crippen LogP contribution in [0.25, 0.3) is 0 Å². The number of hydrogen-bond donors (Lipinski definition) is 1. The van der Waals surface area contributed by atoms with Gasteiger partial charge in [-0.3, -0.25) is 19.3 Å². The number of aryl methyl sites for hydroxylation is 1. The number of hydrogen-bond acceptors (Lipinski definition) is 6. The second-order valence-corrected chi connectivity index (χ2v) is 8.35. The molecule has 0 unspecified atom stereocenters. The zero-order valence-electron chi connectivity index (χ0n) is 15.7. The Morgan fingerprint density at radius 2 is 1.86 bits per heavy atom. The van der Waals surface area contributed by atoms with Crippen molar-refractivity contribution in [2.24, 2.45) is 11.8 Å². The summed E-state index contributed by atoms with van der Waals surface area (Å²) in [7, 11) is 0. The molecule has 8 heteroatoms. The third-order valence-corrected chi connectivity index (χ3v) is 6.76. The van der Waals surface area contributed by atoms with Crippen molar-refractivity contribution < 1.29 is 23.9 Å². The Balaban J connectivity index is 1.50. The van der Waals surface area contributed by atoms with Crippen LogP contribution in [-0.4, -0.2) is 41.7 Å². The first-order valence-electron chi connectivity index (χ1n) is 9.63. The number of carbonyl (C=O) groups excluding carboxylic acids is 4. The monoisotopic (exact) mass is 402 g/mol. The van der Waals surface area contributed by atoms with E-state index in [1.807, 2.05) is 12.2 Å². The van der Waals surface area contributed by atoms with Crippen LogP contribution in [0.5, 0.6) is 0 Å². The summed E-state index contributed by atoms with van der Waals surface area (Å²) in [6, 6.07) is 0. The number of likely N-dealkylation sites (tertiary alicyclic amines) is 1. The Bertz CT molecular complexity index is 861. The molecule has 2 atom stereocenters. The van der Waals surface area contributed by atoms with Crippen LogP contribution in [0.1, 0.15) is 47.0 Å². The van der Waals surface area contributed by atoms with Crippen LogP contribution in [0.4, 0.5) is 5.00 Å². The molecule has 1 N–H and O–H groups in total. The fourth-order valence-electron chi connectivity index (χ4n) is 4.25. The first-order chi connectivity index (χ1) is 13.5. The fraction of sp³-hybridized carbons (Fsp3) is 0.500. The van der Waals surface area contributed by atoms with E-state index in [1.54, 1.807) is 6.92 Å². The molecule has 1 aromatic heterocycles. The van der Waals surface area contributed by atoms with Gasteiger partial charge in [-0.2, -0.15) is 0 Å². The molecule has 1 fully saturated rings. The lowest BCUT2D eigenvalue weighted by molar-refractivity contribution is -0.142. The minimum atomic E-state index is -0.473. The van der Waals surface area contributed by atoms with Gasteiger partial charge in [-0.15, -0.1) is 11.3 Å². The maximum atomic E-state index is 12.6.